The average molecular weight is 351 g/mol. The minimum atomic E-state index is -0.516. The minimum Gasteiger partial charge on any atom is -0.369 e. The molecule has 25 heavy (non-hydrogen) atoms. The zero-order valence-corrected chi connectivity index (χ0v) is 15.4. The molecule has 140 valence electrons. The number of likely N-dealkylation sites (tertiary alicyclic amines) is 2. The van der Waals surface area contributed by atoms with Gasteiger partial charge in [0.05, 0.1) is 12.6 Å². The molecule has 2 heterocycles. The van der Waals surface area contributed by atoms with Crippen molar-refractivity contribution in [2.45, 2.75) is 65.0 Å². The van der Waals surface area contributed by atoms with Crippen LogP contribution in [0.2, 0.25) is 0 Å². The number of hydrogen-bond acceptors (Lipinski definition) is 4. The van der Waals surface area contributed by atoms with Gasteiger partial charge >= 0.3 is 0 Å². The molecule has 0 aromatic heterocycles. The topological polar surface area (TPSA) is 101 Å². The number of primary amides is 1. The average Bonchev–Trinajstić information content (AvgIpc) is 3.13. The Hall–Kier alpha value is -1.92. The molecule has 4 atom stereocenters. The normalized spacial score (nSPS) is 25.0. The van der Waals surface area contributed by atoms with Crippen molar-refractivity contribution in [1.82, 2.24) is 9.80 Å². The van der Waals surface area contributed by atoms with E-state index in [0.717, 1.165) is 6.42 Å². The van der Waals surface area contributed by atoms with Crippen molar-refractivity contribution in [2.75, 3.05) is 13.1 Å². The number of fused-ring (bicyclic) bond motifs is 1. The van der Waals surface area contributed by atoms with Crippen LogP contribution in [0.4, 0.5) is 0 Å². The third-order valence-corrected chi connectivity index (χ3v) is 5.56. The van der Waals surface area contributed by atoms with Crippen molar-refractivity contribution in [3.05, 3.63) is 0 Å². The van der Waals surface area contributed by atoms with Crippen molar-refractivity contribution in [3.8, 4) is 0 Å². The molecule has 7 nitrogen and oxygen atoms in total. The van der Waals surface area contributed by atoms with Gasteiger partial charge in [-0.1, -0.05) is 27.2 Å². The number of nitrogens with two attached hydrogens (primary N) is 1. The molecule has 0 aliphatic carbocycles. The van der Waals surface area contributed by atoms with Crippen LogP contribution in [-0.4, -0.2) is 58.5 Å². The summed E-state index contributed by atoms with van der Waals surface area (Å²) in [7, 11) is 0. The van der Waals surface area contributed by atoms with Gasteiger partial charge in [-0.15, -0.1) is 0 Å². The number of amides is 3. The summed E-state index contributed by atoms with van der Waals surface area (Å²) in [4.78, 5) is 51.7. The fourth-order valence-corrected chi connectivity index (χ4v) is 3.61. The molecule has 0 saturated carbocycles. The van der Waals surface area contributed by atoms with Crippen LogP contribution in [0.1, 0.15) is 52.9 Å². The lowest BCUT2D eigenvalue weighted by atomic mass is 10.0. The highest BCUT2D eigenvalue weighted by Gasteiger charge is 2.50. The van der Waals surface area contributed by atoms with E-state index in [1.807, 2.05) is 13.8 Å². The second-order valence-electron chi connectivity index (χ2n) is 7.44. The van der Waals surface area contributed by atoms with Gasteiger partial charge in [0.2, 0.25) is 17.7 Å². The van der Waals surface area contributed by atoms with Gasteiger partial charge < -0.3 is 15.5 Å². The Morgan fingerprint density at radius 1 is 1.20 bits per heavy atom. The van der Waals surface area contributed by atoms with Crippen LogP contribution in [0, 0.1) is 11.8 Å². The van der Waals surface area contributed by atoms with Gasteiger partial charge in [-0.25, -0.2) is 0 Å². The molecule has 4 unspecified atom stereocenters. The van der Waals surface area contributed by atoms with Crippen LogP contribution < -0.4 is 5.73 Å². The molecule has 2 N–H and O–H groups in total. The predicted octanol–water partition coefficient (Wildman–Crippen LogP) is 0.705. The van der Waals surface area contributed by atoms with E-state index in [2.05, 4.69) is 0 Å². The summed E-state index contributed by atoms with van der Waals surface area (Å²) in [5.74, 6) is -0.689. The van der Waals surface area contributed by atoms with Crippen LogP contribution in [0.3, 0.4) is 0 Å². The Morgan fingerprint density at radius 2 is 1.88 bits per heavy atom. The lowest BCUT2D eigenvalue weighted by Crippen LogP contribution is -2.43. The number of hydrogen-bond donors (Lipinski definition) is 1. The highest BCUT2D eigenvalue weighted by molar-refractivity contribution is 5.97. The quantitative estimate of drug-likeness (QED) is 0.730. The summed E-state index contributed by atoms with van der Waals surface area (Å²) in [6.45, 7) is 6.35. The number of rotatable bonds is 7. The third kappa shape index (κ3) is 4.19. The maximum atomic E-state index is 12.5. The second kappa shape index (κ2) is 7.97. The first-order valence-electron chi connectivity index (χ1n) is 9.17. The monoisotopic (exact) mass is 351 g/mol. The first kappa shape index (κ1) is 19.4. The van der Waals surface area contributed by atoms with E-state index in [4.69, 9.17) is 5.73 Å². The Labute approximate surface area is 148 Å². The SMILES string of the molecule is CCC(C)CC(=O)N1CC(=O)C2C1CCN2C(=O)CCC(C)C(N)=O. The molecule has 2 rings (SSSR count). The van der Waals surface area contributed by atoms with Gasteiger partial charge in [-0.3, -0.25) is 19.2 Å². The van der Waals surface area contributed by atoms with Crippen LogP contribution in [0.5, 0.6) is 0 Å². The van der Waals surface area contributed by atoms with E-state index in [0.29, 0.717) is 25.8 Å². The molecule has 2 fully saturated rings. The number of Topliss-reactive ketones (excluding diaryl/α,β-unsaturated/α-hetero) is 1. The molecule has 0 aromatic carbocycles. The van der Waals surface area contributed by atoms with Crippen LogP contribution >= 0.6 is 0 Å². The van der Waals surface area contributed by atoms with Crippen molar-refractivity contribution in [3.63, 3.8) is 0 Å². The molecule has 0 radical (unpaired) electrons. The van der Waals surface area contributed by atoms with Gasteiger partial charge in [-0.05, 0) is 18.8 Å². The van der Waals surface area contributed by atoms with Gasteiger partial charge in [0, 0.05) is 25.3 Å². The third-order valence-electron chi connectivity index (χ3n) is 5.56. The van der Waals surface area contributed by atoms with E-state index < -0.39 is 11.9 Å². The minimum absolute atomic E-state index is 0.00634. The number of ketones is 1. The molecule has 2 aliphatic heterocycles. The smallest absolute Gasteiger partial charge is 0.223 e. The Balaban J connectivity index is 1.98. The molecule has 0 bridgehead atoms. The molecular weight excluding hydrogens is 322 g/mol. The van der Waals surface area contributed by atoms with E-state index >= 15 is 0 Å². The summed E-state index contributed by atoms with van der Waals surface area (Å²) in [5.41, 5.74) is 5.22. The Bertz CT molecular complexity index is 563. The largest absolute Gasteiger partial charge is 0.369 e. The van der Waals surface area contributed by atoms with Crippen molar-refractivity contribution >= 4 is 23.5 Å². The second-order valence-corrected chi connectivity index (χ2v) is 7.44. The zero-order chi connectivity index (χ0) is 18.7. The standard InChI is InChI=1S/C18H29N3O4/c1-4-11(2)9-16(24)21-10-14(22)17-13(21)7-8-20(17)15(23)6-5-12(3)18(19)25/h11-13,17H,4-10H2,1-3H3,(H2,19,25). The lowest BCUT2D eigenvalue weighted by Gasteiger charge is -2.25. The maximum Gasteiger partial charge on any atom is 0.223 e. The molecule has 7 heteroatoms. The highest BCUT2D eigenvalue weighted by Crippen LogP contribution is 2.31. The fraction of sp³-hybridized carbons (Fsp3) is 0.778. The Morgan fingerprint density at radius 3 is 2.48 bits per heavy atom. The molecule has 2 saturated heterocycles. The first-order valence-corrected chi connectivity index (χ1v) is 9.17. The van der Waals surface area contributed by atoms with E-state index in [9.17, 15) is 19.2 Å². The number of carbonyl (C=O) groups excluding carboxylic acids is 4. The summed E-state index contributed by atoms with van der Waals surface area (Å²) in [6, 6.07) is -0.709. The van der Waals surface area contributed by atoms with E-state index in [1.165, 1.54) is 0 Å². The fourth-order valence-electron chi connectivity index (χ4n) is 3.61. The van der Waals surface area contributed by atoms with Crippen LogP contribution in [0.25, 0.3) is 0 Å². The summed E-state index contributed by atoms with van der Waals surface area (Å²) < 4.78 is 0. The van der Waals surface area contributed by atoms with Gasteiger partial charge in [0.25, 0.3) is 0 Å². The predicted molar refractivity (Wildman–Crippen MR) is 92.3 cm³/mol. The summed E-state index contributed by atoms with van der Waals surface area (Å²) >= 11 is 0. The number of carbonyl (C=O) groups is 4. The summed E-state index contributed by atoms with van der Waals surface area (Å²) in [6.07, 6.45) is 2.58. The molecule has 0 aromatic rings. The lowest BCUT2D eigenvalue weighted by molar-refractivity contribution is -0.136. The maximum absolute atomic E-state index is 12.5. The molecule has 3 amide bonds. The summed E-state index contributed by atoms with van der Waals surface area (Å²) in [5, 5.41) is 0. The highest BCUT2D eigenvalue weighted by atomic mass is 16.2. The van der Waals surface area contributed by atoms with E-state index in [1.54, 1.807) is 16.7 Å². The Kier molecular flexibility index (Phi) is 6.19. The van der Waals surface area contributed by atoms with Crippen LogP contribution in [-0.2, 0) is 19.2 Å². The zero-order valence-electron chi connectivity index (χ0n) is 15.4. The van der Waals surface area contributed by atoms with Gasteiger partial charge in [0.15, 0.2) is 5.78 Å². The molecule has 0 spiro atoms. The van der Waals surface area contributed by atoms with Gasteiger partial charge in [-0.2, -0.15) is 0 Å². The first-order chi connectivity index (χ1) is 11.8. The van der Waals surface area contributed by atoms with Crippen molar-refractivity contribution < 1.29 is 19.2 Å². The van der Waals surface area contributed by atoms with Crippen LogP contribution in [0.15, 0.2) is 0 Å². The number of nitrogens with zero attached hydrogens (tertiary/aromatic N) is 2. The van der Waals surface area contributed by atoms with Crippen molar-refractivity contribution in [2.24, 2.45) is 17.6 Å². The van der Waals surface area contributed by atoms with Gasteiger partial charge in [0.1, 0.15) is 6.04 Å². The molecular formula is C18H29N3O4. The van der Waals surface area contributed by atoms with E-state index in [-0.39, 0.29) is 48.4 Å². The molecule has 2 aliphatic rings. The van der Waals surface area contributed by atoms with Crippen molar-refractivity contribution in [1.29, 1.82) is 0 Å².